The Labute approximate surface area is 140 Å². The highest BCUT2D eigenvalue weighted by molar-refractivity contribution is 14.0. The molecule has 21 heavy (non-hydrogen) atoms. The smallest absolute Gasteiger partial charge is 0.185 e. The minimum absolute atomic E-state index is 0. The Balaban J connectivity index is 0.00000220. The number of nitrogens with zero attached hydrogens (tertiary/aromatic N) is 1. The number of nitrogens with two attached hydrogens (primary N) is 2. The zero-order chi connectivity index (χ0) is 14.5. The van der Waals surface area contributed by atoms with Crippen LogP contribution < -0.4 is 20.9 Å². The minimum atomic E-state index is 0. The standard InChI is InChI=1S/C14H20N4O2.HI/c1-19-10-7-12-11(13(8-10)20-2)6-9(18-12)4-3-5-17-14(15)16;/h6-8,18H,3-5H2,1-2H3,(H4,15,16,17);1H. The average molecular weight is 404 g/mol. The zero-order valence-corrected chi connectivity index (χ0v) is 14.5. The van der Waals surface area contributed by atoms with E-state index < -0.39 is 0 Å². The van der Waals surface area contributed by atoms with Gasteiger partial charge in [0.25, 0.3) is 0 Å². The second-order valence-corrected chi connectivity index (χ2v) is 4.50. The number of halogens is 1. The van der Waals surface area contributed by atoms with Crippen LogP contribution in [0.3, 0.4) is 0 Å². The number of hydrogen-bond donors (Lipinski definition) is 3. The first-order valence-electron chi connectivity index (χ1n) is 6.43. The normalized spacial score (nSPS) is 10.0. The lowest BCUT2D eigenvalue weighted by atomic mass is 10.2. The summed E-state index contributed by atoms with van der Waals surface area (Å²) in [5, 5.41) is 1.05. The van der Waals surface area contributed by atoms with E-state index in [1.165, 1.54) is 0 Å². The molecule has 2 aromatic rings. The van der Waals surface area contributed by atoms with Crippen LogP contribution in [0.1, 0.15) is 12.1 Å². The van der Waals surface area contributed by atoms with E-state index in [9.17, 15) is 0 Å². The van der Waals surface area contributed by atoms with Crippen molar-refractivity contribution >= 4 is 40.8 Å². The SMILES string of the molecule is COc1cc(OC)c2cc(CCCN=C(N)N)[nH]c2c1.I. The number of aromatic amines is 1. The van der Waals surface area contributed by atoms with Gasteiger partial charge in [-0.05, 0) is 18.9 Å². The molecule has 0 radical (unpaired) electrons. The van der Waals surface area contributed by atoms with Crippen molar-refractivity contribution in [2.75, 3.05) is 20.8 Å². The van der Waals surface area contributed by atoms with Gasteiger partial charge < -0.3 is 25.9 Å². The Hall–Kier alpha value is -1.64. The van der Waals surface area contributed by atoms with E-state index in [0.29, 0.717) is 6.54 Å². The topological polar surface area (TPSA) is 98.7 Å². The fourth-order valence-corrected chi connectivity index (χ4v) is 2.14. The minimum Gasteiger partial charge on any atom is -0.497 e. The van der Waals surface area contributed by atoms with Gasteiger partial charge in [-0.1, -0.05) is 0 Å². The van der Waals surface area contributed by atoms with Gasteiger partial charge >= 0.3 is 0 Å². The van der Waals surface area contributed by atoms with Crippen LogP contribution in [-0.4, -0.2) is 31.7 Å². The number of aryl methyl sites for hydroxylation is 1. The number of ether oxygens (including phenoxy) is 2. The lowest BCUT2D eigenvalue weighted by Crippen LogP contribution is -2.23. The van der Waals surface area contributed by atoms with Crippen molar-refractivity contribution in [2.24, 2.45) is 16.5 Å². The maximum atomic E-state index is 5.39. The zero-order valence-electron chi connectivity index (χ0n) is 12.2. The van der Waals surface area contributed by atoms with Gasteiger partial charge in [0.05, 0.1) is 19.7 Å². The molecule has 0 bridgehead atoms. The number of methoxy groups -OCH3 is 2. The van der Waals surface area contributed by atoms with E-state index in [2.05, 4.69) is 16.0 Å². The molecule has 2 rings (SSSR count). The monoisotopic (exact) mass is 404 g/mol. The third-order valence-electron chi connectivity index (χ3n) is 3.08. The van der Waals surface area contributed by atoms with Gasteiger partial charge in [0.1, 0.15) is 11.5 Å². The number of benzene rings is 1. The molecule has 0 fully saturated rings. The molecule has 1 aromatic heterocycles. The lowest BCUT2D eigenvalue weighted by molar-refractivity contribution is 0.398. The molecule has 0 unspecified atom stereocenters. The second-order valence-electron chi connectivity index (χ2n) is 4.50. The molecule has 0 saturated heterocycles. The van der Waals surface area contributed by atoms with Crippen molar-refractivity contribution < 1.29 is 9.47 Å². The molecule has 1 aromatic carbocycles. The molecule has 0 aliphatic heterocycles. The summed E-state index contributed by atoms with van der Waals surface area (Å²) >= 11 is 0. The predicted octanol–water partition coefficient (Wildman–Crippen LogP) is 2.01. The summed E-state index contributed by atoms with van der Waals surface area (Å²) in [7, 11) is 3.29. The molecular weight excluding hydrogens is 383 g/mol. The van der Waals surface area contributed by atoms with E-state index in [1.54, 1.807) is 14.2 Å². The van der Waals surface area contributed by atoms with Crippen LogP contribution in [0.25, 0.3) is 10.9 Å². The van der Waals surface area contributed by atoms with Gasteiger partial charge in [0.2, 0.25) is 0 Å². The molecule has 5 N–H and O–H groups in total. The van der Waals surface area contributed by atoms with Gasteiger partial charge in [-0.15, -0.1) is 24.0 Å². The van der Waals surface area contributed by atoms with Crippen LogP contribution in [0.15, 0.2) is 23.2 Å². The molecule has 6 nitrogen and oxygen atoms in total. The van der Waals surface area contributed by atoms with E-state index >= 15 is 0 Å². The van der Waals surface area contributed by atoms with Crippen molar-refractivity contribution in [3.8, 4) is 11.5 Å². The van der Waals surface area contributed by atoms with Gasteiger partial charge in [-0.25, -0.2) is 0 Å². The largest absolute Gasteiger partial charge is 0.497 e. The third kappa shape index (κ3) is 4.42. The molecule has 0 saturated carbocycles. The summed E-state index contributed by atoms with van der Waals surface area (Å²) in [4.78, 5) is 7.33. The van der Waals surface area contributed by atoms with Crippen LogP contribution in [0.4, 0.5) is 0 Å². The number of rotatable bonds is 6. The van der Waals surface area contributed by atoms with Gasteiger partial charge in [0, 0.05) is 29.8 Å². The van der Waals surface area contributed by atoms with E-state index in [-0.39, 0.29) is 29.9 Å². The van der Waals surface area contributed by atoms with E-state index in [1.807, 2.05) is 12.1 Å². The molecule has 0 aliphatic rings. The Kier molecular flexibility index (Phi) is 6.60. The summed E-state index contributed by atoms with van der Waals surface area (Å²) in [6, 6.07) is 5.92. The van der Waals surface area contributed by atoms with Gasteiger partial charge in [-0.2, -0.15) is 0 Å². The number of fused-ring (bicyclic) bond motifs is 1. The van der Waals surface area contributed by atoms with Crippen molar-refractivity contribution in [2.45, 2.75) is 12.8 Å². The fourth-order valence-electron chi connectivity index (χ4n) is 2.14. The van der Waals surface area contributed by atoms with Crippen LogP contribution in [-0.2, 0) is 6.42 Å². The Morgan fingerprint density at radius 1 is 1.19 bits per heavy atom. The predicted molar refractivity (Wildman–Crippen MR) is 95.8 cm³/mol. The van der Waals surface area contributed by atoms with Crippen LogP contribution in [0.2, 0.25) is 0 Å². The molecule has 0 aliphatic carbocycles. The Morgan fingerprint density at radius 2 is 1.95 bits per heavy atom. The fraction of sp³-hybridized carbons (Fsp3) is 0.357. The van der Waals surface area contributed by atoms with Crippen LogP contribution in [0.5, 0.6) is 11.5 Å². The van der Waals surface area contributed by atoms with E-state index in [4.69, 9.17) is 20.9 Å². The third-order valence-corrected chi connectivity index (χ3v) is 3.08. The van der Waals surface area contributed by atoms with Crippen LogP contribution in [0, 0.1) is 0 Å². The summed E-state index contributed by atoms with van der Waals surface area (Å²) in [6.07, 6.45) is 1.75. The van der Waals surface area contributed by atoms with Crippen molar-refractivity contribution in [1.29, 1.82) is 0 Å². The second kappa shape index (κ2) is 7.96. The van der Waals surface area contributed by atoms with Crippen molar-refractivity contribution in [1.82, 2.24) is 4.98 Å². The molecule has 7 heteroatoms. The molecular formula is C14H21IN4O2. The number of nitrogens with one attached hydrogen (secondary N) is 1. The van der Waals surface area contributed by atoms with Gasteiger partial charge in [-0.3, -0.25) is 4.99 Å². The molecule has 0 atom stereocenters. The first-order chi connectivity index (χ1) is 9.63. The highest BCUT2D eigenvalue weighted by Crippen LogP contribution is 2.31. The van der Waals surface area contributed by atoms with E-state index in [0.717, 1.165) is 40.9 Å². The first-order valence-corrected chi connectivity index (χ1v) is 6.43. The molecule has 0 amide bonds. The highest BCUT2D eigenvalue weighted by Gasteiger charge is 2.08. The summed E-state index contributed by atoms with van der Waals surface area (Å²) in [6.45, 7) is 0.623. The summed E-state index contributed by atoms with van der Waals surface area (Å²) in [5.41, 5.74) is 12.7. The molecule has 1 heterocycles. The quantitative estimate of drug-likeness (QED) is 0.297. The average Bonchev–Trinajstić information content (AvgIpc) is 2.84. The Bertz CT molecular complexity index is 621. The molecule has 116 valence electrons. The molecule has 0 spiro atoms. The van der Waals surface area contributed by atoms with Crippen molar-refractivity contribution in [3.63, 3.8) is 0 Å². The number of hydrogen-bond acceptors (Lipinski definition) is 3. The summed E-state index contributed by atoms with van der Waals surface area (Å²) < 4.78 is 10.6. The number of H-pyrrole nitrogens is 1. The maximum Gasteiger partial charge on any atom is 0.185 e. The highest BCUT2D eigenvalue weighted by atomic mass is 127. The first kappa shape index (κ1) is 17.4. The number of aliphatic imine (C=N–C) groups is 1. The number of guanidine groups is 1. The maximum absolute atomic E-state index is 5.39. The van der Waals surface area contributed by atoms with Crippen molar-refractivity contribution in [3.05, 3.63) is 23.9 Å². The Morgan fingerprint density at radius 3 is 2.57 bits per heavy atom. The van der Waals surface area contributed by atoms with Gasteiger partial charge in [0.15, 0.2) is 5.96 Å². The summed E-state index contributed by atoms with van der Waals surface area (Å²) in [5.74, 6) is 1.70. The van der Waals surface area contributed by atoms with Crippen LogP contribution >= 0.6 is 24.0 Å². The lowest BCUT2D eigenvalue weighted by Gasteiger charge is -2.04. The number of aromatic nitrogens is 1.